The quantitative estimate of drug-likeness (QED) is 0.260. The monoisotopic (exact) mass is 743 g/mol. The van der Waals surface area contributed by atoms with E-state index in [-0.39, 0.29) is 50.1 Å². The second-order valence-electron chi connectivity index (χ2n) is 15.0. The van der Waals surface area contributed by atoms with Crippen molar-refractivity contribution in [1.29, 1.82) is 0 Å². The molecule has 1 saturated carbocycles. The Morgan fingerprint density at radius 1 is 1.07 bits per heavy atom. The lowest BCUT2D eigenvalue weighted by molar-refractivity contribution is -0.141. The SMILES string of the molecule is C=C(C)OC(=O)NC1CCCCC/C=C\C2CC2(C(=O)NCCc2ccc(C)c(C)c2)NC(=O)[C@@H]2CC(OC(=O)N3Cc4cccc(F)c4C3)CN2C1=O. The van der Waals surface area contributed by atoms with Crippen molar-refractivity contribution in [3.63, 3.8) is 0 Å². The molecule has 5 amide bonds. The highest BCUT2D eigenvalue weighted by molar-refractivity contribution is 5.98. The second-order valence-corrected chi connectivity index (χ2v) is 15.0. The van der Waals surface area contributed by atoms with Crippen LogP contribution in [0.25, 0.3) is 0 Å². The number of benzene rings is 2. The van der Waals surface area contributed by atoms with Crippen LogP contribution in [-0.4, -0.2) is 76.5 Å². The van der Waals surface area contributed by atoms with Crippen molar-refractivity contribution in [3.8, 4) is 0 Å². The molecule has 4 unspecified atom stereocenters. The van der Waals surface area contributed by atoms with Gasteiger partial charge in [-0.3, -0.25) is 19.3 Å². The summed E-state index contributed by atoms with van der Waals surface area (Å²) < 4.78 is 25.4. The van der Waals surface area contributed by atoms with E-state index in [1.807, 2.05) is 32.1 Å². The Morgan fingerprint density at radius 3 is 2.65 bits per heavy atom. The maximum Gasteiger partial charge on any atom is 0.412 e. The molecule has 3 aliphatic heterocycles. The highest BCUT2D eigenvalue weighted by Crippen LogP contribution is 2.45. The number of halogens is 1. The average molecular weight is 744 g/mol. The number of nitrogens with zero attached hydrogens (tertiary/aromatic N) is 2. The van der Waals surface area contributed by atoms with Gasteiger partial charge in [0.2, 0.25) is 17.7 Å². The zero-order chi connectivity index (χ0) is 38.6. The molecule has 1 saturated heterocycles. The Hall–Kier alpha value is -5.20. The molecule has 0 radical (unpaired) electrons. The summed E-state index contributed by atoms with van der Waals surface area (Å²) in [5.41, 5.74) is 3.34. The molecule has 3 N–H and O–H groups in total. The summed E-state index contributed by atoms with van der Waals surface area (Å²) >= 11 is 0. The van der Waals surface area contributed by atoms with E-state index in [9.17, 15) is 28.4 Å². The number of hydrogen-bond donors (Lipinski definition) is 3. The summed E-state index contributed by atoms with van der Waals surface area (Å²) in [7, 11) is 0. The van der Waals surface area contributed by atoms with Crippen LogP contribution in [0.3, 0.4) is 0 Å². The molecule has 2 aromatic carbocycles. The van der Waals surface area contributed by atoms with Gasteiger partial charge in [-0.15, -0.1) is 0 Å². The van der Waals surface area contributed by atoms with Gasteiger partial charge in [-0.1, -0.05) is 61.9 Å². The Labute approximate surface area is 315 Å². The lowest BCUT2D eigenvalue weighted by Gasteiger charge is -2.29. The average Bonchev–Trinajstić information content (AvgIpc) is 3.42. The first-order valence-corrected chi connectivity index (χ1v) is 18.8. The Morgan fingerprint density at radius 2 is 1.89 bits per heavy atom. The van der Waals surface area contributed by atoms with Crippen molar-refractivity contribution in [3.05, 3.63) is 94.5 Å². The third kappa shape index (κ3) is 8.77. The van der Waals surface area contributed by atoms with Crippen LogP contribution in [0.5, 0.6) is 0 Å². The van der Waals surface area contributed by atoms with E-state index in [2.05, 4.69) is 34.7 Å². The van der Waals surface area contributed by atoms with E-state index in [4.69, 9.17) is 9.47 Å². The summed E-state index contributed by atoms with van der Waals surface area (Å²) in [4.78, 5) is 71.3. The van der Waals surface area contributed by atoms with Crippen LogP contribution in [0.1, 0.15) is 79.7 Å². The zero-order valence-electron chi connectivity index (χ0n) is 31.3. The summed E-state index contributed by atoms with van der Waals surface area (Å²) in [5, 5.41) is 8.69. The topological polar surface area (TPSA) is 146 Å². The lowest BCUT2D eigenvalue weighted by atomic mass is 10.0. The van der Waals surface area contributed by atoms with Gasteiger partial charge in [-0.2, -0.15) is 0 Å². The minimum atomic E-state index is -1.21. The minimum Gasteiger partial charge on any atom is -0.444 e. The smallest absolute Gasteiger partial charge is 0.412 e. The van der Waals surface area contributed by atoms with Crippen molar-refractivity contribution in [2.75, 3.05) is 13.1 Å². The zero-order valence-corrected chi connectivity index (χ0v) is 31.3. The molecule has 3 heterocycles. The third-order valence-corrected chi connectivity index (χ3v) is 10.9. The number of alkyl carbamates (subject to hydrolysis) is 1. The number of ether oxygens (including phenoxy) is 2. The van der Waals surface area contributed by atoms with Gasteiger partial charge in [0, 0.05) is 31.0 Å². The third-order valence-electron chi connectivity index (χ3n) is 10.9. The number of rotatable bonds is 7. The van der Waals surface area contributed by atoms with E-state index < -0.39 is 53.5 Å². The number of fused-ring (bicyclic) bond motifs is 3. The summed E-state index contributed by atoms with van der Waals surface area (Å²) in [6, 6.07) is 8.74. The van der Waals surface area contributed by atoms with Crippen molar-refractivity contribution in [2.45, 2.75) is 109 Å². The fourth-order valence-electron chi connectivity index (χ4n) is 7.66. The van der Waals surface area contributed by atoms with Gasteiger partial charge in [-0.05, 0) is 81.2 Å². The number of aryl methyl sites for hydroxylation is 2. The fourth-order valence-corrected chi connectivity index (χ4v) is 7.66. The number of allylic oxidation sites excluding steroid dienone is 2. The standard InChI is InChI=1S/C41H50FN5O7/c1-25(2)53-39(51)44-34-14-9-7-5-6-8-12-30-21-41(30,38(50)43-18-17-28-16-15-26(3)27(4)19-28)45-36(48)35-20-31(23-47(35)37(34)49)54-40(52)46-22-29-11-10-13-33(42)32(29)24-46/h8,10-13,15-16,19,30-31,34-35H,1,5-7,9,14,17-18,20-24H2,2-4H3,(H,43,50)(H,44,51)(H,45,48)/b12-8-/t30?,31?,34?,35-,41?/m0/s1. The maximum atomic E-state index is 14.4. The Kier molecular flexibility index (Phi) is 11.7. The Bertz CT molecular complexity index is 1850. The molecule has 0 aromatic heterocycles. The molecule has 0 spiro atoms. The fraction of sp³-hybridized carbons (Fsp3) is 0.488. The number of carbonyl (C=O) groups is 5. The summed E-state index contributed by atoms with van der Waals surface area (Å²) in [6.07, 6.45) is 5.84. The van der Waals surface area contributed by atoms with Crippen LogP contribution in [0.15, 0.2) is 60.9 Å². The van der Waals surface area contributed by atoms with Crippen molar-refractivity contribution in [1.82, 2.24) is 25.8 Å². The first-order chi connectivity index (χ1) is 25.8. The molecule has 288 valence electrons. The highest BCUT2D eigenvalue weighted by atomic mass is 19.1. The van der Waals surface area contributed by atoms with E-state index >= 15 is 0 Å². The second kappa shape index (κ2) is 16.4. The van der Waals surface area contributed by atoms with Gasteiger partial charge in [0.15, 0.2) is 0 Å². The molecule has 0 bridgehead atoms. The van der Waals surface area contributed by atoms with E-state index in [1.165, 1.54) is 33.9 Å². The first-order valence-electron chi connectivity index (χ1n) is 18.8. The van der Waals surface area contributed by atoms with Crippen molar-refractivity contribution >= 4 is 29.9 Å². The van der Waals surface area contributed by atoms with Crippen LogP contribution in [0.4, 0.5) is 14.0 Å². The van der Waals surface area contributed by atoms with Crippen molar-refractivity contribution < 1.29 is 37.8 Å². The Balaban J connectivity index is 1.21. The van der Waals surface area contributed by atoms with Crippen molar-refractivity contribution in [2.24, 2.45) is 5.92 Å². The van der Waals surface area contributed by atoms with Gasteiger partial charge in [0.25, 0.3) is 0 Å². The molecule has 6 rings (SSSR count). The predicted octanol–water partition coefficient (Wildman–Crippen LogP) is 5.25. The predicted molar refractivity (Wildman–Crippen MR) is 198 cm³/mol. The molecule has 4 aliphatic rings. The molecular weight excluding hydrogens is 693 g/mol. The molecule has 13 heteroatoms. The molecule has 54 heavy (non-hydrogen) atoms. The van der Waals surface area contributed by atoms with Crippen LogP contribution >= 0.6 is 0 Å². The van der Waals surface area contributed by atoms with Gasteiger partial charge < -0.3 is 30.3 Å². The van der Waals surface area contributed by atoms with Gasteiger partial charge in [0.1, 0.15) is 29.5 Å². The van der Waals surface area contributed by atoms with Crippen LogP contribution in [0, 0.1) is 25.6 Å². The highest BCUT2D eigenvalue weighted by Gasteiger charge is 2.61. The normalized spacial score (nSPS) is 25.9. The molecule has 12 nitrogen and oxygen atoms in total. The van der Waals surface area contributed by atoms with Gasteiger partial charge in [-0.25, -0.2) is 14.0 Å². The van der Waals surface area contributed by atoms with Crippen LogP contribution in [-0.2, 0) is 43.4 Å². The van der Waals surface area contributed by atoms with E-state index in [1.54, 1.807) is 12.1 Å². The van der Waals surface area contributed by atoms with Crippen LogP contribution in [0.2, 0.25) is 0 Å². The number of hydrogen-bond acceptors (Lipinski definition) is 7. The molecular formula is C41H50FN5O7. The van der Waals surface area contributed by atoms with Gasteiger partial charge in [0.05, 0.1) is 18.8 Å². The maximum absolute atomic E-state index is 14.4. The number of nitrogens with one attached hydrogen (secondary N) is 3. The van der Waals surface area contributed by atoms with Crippen LogP contribution < -0.4 is 16.0 Å². The number of amides is 5. The molecule has 5 atom stereocenters. The van der Waals surface area contributed by atoms with Gasteiger partial charge >= 0.3 is 12.2 Å². The van der Waals surface area contributed by atoms with E-state index in [0.717, 1.165) is 24.8 Å². The van der Waals surface area contributed by atoms with E-state index in [0.29, 0.717) is 36.9 Å². The summed E-state index contributed by atoms with van der Waals surface area (Å²) in [6.45, 7) is 9.66. The largest absolute Gasteiger partial charge is 0.444 e. The summed E-state index contributed by atoms with van der Waals surface area (Å²) in [5.74, 6) is -1.89. The molecule has 2 fully saturated rings. The minimum absolute atomic E-state index is 0.0347. The lowest BCUT2D eigenvalue weighted by Crippen LogP contribution is -2.58. The molecule has 2 aromatic rings. The molecule has 1 aliphatic carbocycles. The number of carbonyl (C=O) groups excluding carboxylic acids is 5. The first kappa shape index (κ1) is 38.5.